The van der Waals surface area contributed by atoms with Crippen molar-refractivity contribution in [3.63, 3.8) is 0 Å². The van der Waals surface area contributed by atoms with E-state index in [1.807, 2.05) is 39.0 Å². The Balaban J connectivity index is 2.19. The van der Waals surface area contributed by atoms with Gasteiger partial charge >= 0.3 is 0 Å². The number of anilines is 1. The number of phenols is 1. The third-order valence-corrected chi connectivity index (χ3v) is 3.24. The van der Waals surface area contributed by atoms with Crippen LogP contribution in [0.2, 0.25) is 0 Å². The highest BCUT2D eigenvalue weighted by atomic mass is 19.1. The fourth-order valence-electron chi connectivity index (χ4n) is 2.19. The van der Waals surface area contributed by atoms with Crippen molar-refractivity contribution in [2.24, 2.45) is 0 Å². The lowest BCUT2D eigenvalue weighted by molar-refractivity contribution is 0.466. The van der Waals surface area contributed by atoms with Crippen molar-refractivity contribution in [1.82, 2.24) is 0 Å². The van der Waals surface area contributed by atoms with Crippen LogP contribution in [0, 0.1) is 26.6 Å². The maximum Gasteiger partial charge on any atom is 0.146 e. The minimum Gasteiger partial charge on any atom is -0.507 e. The van der Waals surface area contributed by atoms with Gasteiger partial charge in [0, 0.05) is 6.54 Å². The van der Waals surface area contributed by atoms with E-state index in [-0.39, 0.29) is 5.82 Å². The Morgan fingerprint density at radius 2 is 1.68 bits per heavy atom. The number of rotatable bonds is 3. The van der Waals surface area contributed by atoms with Crippen molar-refractivity contribution >= 4 is 5.69 Å². The number of benzene rings is 2. The summed E-state index contributed by atoms with van der Waals surface area (Å²) < 4.78 is 13.7. The van der Waals surface area contributed by atoms with Crippen LogP contribution in [0.25, 0.3) is 0 Å². The highest BCUT2D eigenvalue weighted by molar-refractivity contribution is 5.52. The average Bonchev–Trinajstić information content (AvgIpc) is 2.35. The smallest absolute Gasteiger partial charge is 0.146 e. The Hall–Kier alpha value is -2.03. The Morgan fingerprint density at radius 3 is 2.26 bits per heavy atom. The predicted molar refractivity (Wildman–Crippen MR) is 76.0 cm³/mol. The largest absolute Gasteiger partial charge is 0.507 e. The predicted octanol–water partition coefficient (Wildman–Crippen LogP) is 4.07. The van der Waals surface area contributed by atoms with Crippen LogP contribution < -0.4 is 5.32 Å². The van der Waals surface area contributed by atoms with Crippen LogP contribution in [0.15, 0.2) is 30.3 Å². The van der Waals surface area contributed by atoms with E-state index < -0.39 is 0 Å². The third kappa shape index (κ3) is 2.87. The molecule has 19 heavy (non-hydrogen) atoms. The number of nitrogens with one attached hydrogen (secondary N) is 1. The van der Waals surface area contributed by atoms with Crippen molar-refractivity contribution < 1.29 is 9.50 Å². The molecule has 0 radical (unpaired) electrons. The third-order valence-electron chi connectivity index (χ3n) is 3.24. The first-order chi connectivity index (χ1) is 8.99. The highest BCUT2D eigenvalue weighted by Gasteiger charge is 2.06. The molecule has 2 aromatic carbocycles. The van der Waals surface area contributed by atoms with Crippen molar-refractivity contribution in [2.75, 3.05) is 5.32 Å². The average molecular weight is 259 g/mol. The molecule has 2 rings (SSSR count). The van der Waals surface area contributed by atoms with Crippen LogP contribution in [0.4, 0.5) is 10.1 Å². The SMILES string of the molecule is Cc1cc(CNc2c(C)cccc2F)cc(C)c1O. The minimum absolute atomic E-state index is 0.243. The normalized spacial score (nSPS) is 10.5. The molecule has 0 saturated carbocycles. The molecule has 2 N–H and O–H groups in total. The minimum atomic E-state index is -0.243. The molecule has 0 saturated heterocycles. The van der Waals surface area contributed by atoms with Crippen molar-refractivity contribution in [3.05, 3.63) is 58.4 Å². The van der Waals surface area contributed by atoms with E-state index in [0.717, 1.165) is 22.3 Å². The van der Waals surface area contributed by atoms with Crippen molar-refractivity contribution in [2.45, 2.75) is 27.3 Å². The summed E-state index contributed by atoms with van der Waals surface area (Å²) in [7, 11) is 0. The molecule has 0 aromatic heterocycles. The fourth-order valence-corrected chi connectivity index (χ4v) is 2.19. The van der Waals surface area contributed by atoms with E-state index in [1.54, 1.807) is 6.07 Å². The Labute approximate surface area is 112 Å². The quantitative estimate of drug-likeness (QED) is 0.871. The number of halogens is 1. The summed E-state index contributed by atoms with van der Waals surface area (Å²) in [6.07, 6.45) is 0. The summed E-state index contributed by atoms with van der Waals surface area (Å²) >= 11 is 0. The second-order valence-electron chi connectivity index (χ2n) is 4.86. The van der Waals surface area contributed by atoms with Gasteiger partial charge in [0.15, 0.2) is 0 Å². The maximum atomic E-state index is 13.7. The van der Waals surface area contributed by atoms with Crippen LogP contribution in [0.5, 0.6) is 5.75 Å². The molecule has 0 aliphatic rings. The second-order valence-corrected chi connectivity index (χ2v) is 4.86. The van der Waals surface area contributed by atoms with Crippen molar-refractivity contribution in [1.29, 1.82) is 0 Å². The van der Waals surface area contributed by atoms with Crippen LogP contribution in [0.3, 0.4) is 0 Å². The molecule has 3 heteroatoms. The van der Waals surface area contributed by atoms with Crippen LogP contribution in [-0.4, -0.2) is 5.11 Å². The van der Waals surface area contributed by atoms with E-state index >= 15 is 0 Å². The van der Waals surface area contributed by atoms with E-state index in [9.17, 15) is 9.50 Å². The van der Waals surface area contributed by atoms with Crippen LogP contribution in [0.1, 0.15) is 22.3 Å². The number of hydrogen-bond donors (Lipinski definition) is 2. The van der Waals surface area contributed by atoms with Gasteiger partial charge in [-0.2, -0.15) is 0 Å². The van der Waals surface area contributed by atoms with Gasteiger partial charge in [0.25, 0.3) is 0 Å². The molecular weight excluding hydrogens is 241 g/mol. The lowest BCUT2D eigenvalue weighted by Crippen LogP contribution is -2.04. The molecule has 0 heterocycles. The molecule has 0 aliphatic carbocycles. The van der Waals surface area contributed by atoms with Gasteiger partial charge in [0.1, 0.15) is 11.6 Å². The number of hydrogen-bond acceptors (Lipinski definition) is 2. The lowest BCUT2D eigenvalue weighted by Gasteiger charge is -2.12. The fraction of sp³-hybridized carbons (Fsp3) is 0.250. The number of para-hydroxylation sites is 1. The number of aromatic hydroxyl groups is 1. The van der Waals surface area contributed by atoms with E-state index in [2.05, 4.69) is 5.32 Å². The number of phenolic OH excluding ortho intramolecular Hbond substituents is 1. The van der Waals surface area contributed by atoms with Gasteiger partial charge in [-0.1, -0.05) is 24.3 Å². The zero-order chi connectivity index (χ0) is 14.0. The van der Waals surface area contributed by atoms with Gasteiger partial charge in [-0.3, -0.25) is 0 Å². The Morgan fingerprint density at radius 1 is 1.05 bits per heavy atom. The monoisotopic (exact) mass is 259 g/mol. The van der Waals surface area contributed by atoms with Gasteiger partial charge in [-0.15, -0.1) is 0 Å². The molecule has 0 atom stereocenters. The summed E-state index contributed by atoms with van der Waals surface area (Å²) in [6.45, 7) is 6.13. The second kappa shape index (κ2) is 5.31. The molecular formula is C16H18FNO. The van der Waals surface area contributed by atoms with Crippen molar-refractivity contribution in [3.8, 4) is 5.75 Å². The zero-order valence-electron chi connectivity index (χ0n) is 11.4. The molecule has 2 nitrogen and oxygen atoms in total. The maximum absolute atomic E-state index is 13.7. The summed E-state index contributed by atoms with van der Waals surface area (Å²) in [6, 6.07) is 8.84. The van der Waals surface area contributed by atoms with Gasteiger partial charge < -0.3 is 10.4 Å². The molecule has 0 amide bonds. The molecule has 0 bridgehead atoms. The molecule has 0 aliphatic heterocycles. The van der Waals surface area contributed by atoms with Gasteiger partial charge in [0.05, 0.1) is 5.69 Å². The highest BCUT2D eigenvalue weighted by Crippen LogP contribution is 2.24. The Kier molecular flexibility index (Phi) is 3.74. The van der Waals surface area contributed by atoms with Gasteiger partial charge in [-0.05, 0) is 49.1 Å². The first-order valence-electron chi connectivity index (χ1n) is 6.27. The molecule has 2 aromatic rings. The Bertz CT molecular complexity index is 564. The first kappa shape index (κ1) is 13.4. The van der Waals surface area contributed by atoms with Gasteiger partial charge in [0.2, 0.25) is 0 Å². The summed E-state index contributed by atoms with van der Waals surface area (Å²) in [4.78, 5) is 0. The summed E-state index contributed by atoms with van der Waals surface area (Å²) in [5.74, 6) is 0.0815. The molecule has 0 fully saturated rings. The molecule has 0 spiro atoms. The van der Waals surface area contributed by atoms with E-state index in [4.69, 9.17) is 0 Å². The van der Waals surface area contributed by atoms with E-state index in [0.29, 0.717) is 18.0 Å². The van der Waals surface area contributed by atoms with Gasteiger partial charge in [-0.25, -0.2) is 4.39 Å². The lowest BCUT2D eigenvalue weighted by atomic mass is 10.1. The summed E-state index contributed by atoms with van der Waals surface area (Å²) in [5, 5.41) is 12.8. The standard InChI is InChI=1S/C16H18FNO/c1-10-5-4-6-14(17)15(10)18-9-13-7-11(2)16(19)12(3)8-13/h4-8,18-19H,9H2,1-3H3. The zero-order valence-corrected chi connectivity index (χ0v) is 11.4. The van der Waals surface area contributed by atoms with E-state index in [1.165, 1.54) is 6.07 Å². The molecule has 100 valence electrons. The number of aryl methyl sites for hydroxylation is 3. The first-order valence-corrected chi connectivity index (χ1v) is 6.27. The van der Waals surface area contributed by atoms with Crippen LogP contribution in [-0.2, 0) is 6.54 Å². The summed E-state index contributed by atoms with van der Waals surface area (Å²) in [5.41, 5.74) is 4.11. The van der Waals surface area contributed by atoms with Crippen LogP contribution >= 0.6 is 0 Å². The topological polar surface area (TPSA) is 32.3 Å². The molecule has 0 unspecified atom stereocenters.